The first-order valence-electron chi connectivity index (χ1n) is 11.8. The van der Waals surface area contributed by atoms with Crippen molar-refractivity contribution in [3.05, 3.63) is 62.8 Å². The third-order valence-corrected chi connectivity index (χ3v) is 6.90. The first-order valence-corrected chi connectivity index (χ1v) is 11.8. The summed E-state index contributed by atoms with van der Waals surface area (Å²) < 4.78 is 0. The van der Waals surface area contributed by atoms with Crippen LogP contribution in [0, 0.1) is 12.8 Å². The number of likely N-dealkylation sites (tertiary alicyclic amines) is 1. The number of amides is 2. The molecule has 7 heteroatoms. The minimum atomic E-state index is -0.204. The lowest BCUT2D eigenvalue weighted by Crippen LogP contribution is -2.43. The van der Waals surface area contributed by atoms with Crippen molar-refractivity contribution in [2.24, 2.45) is 5.92 Å². The summed E-state index contributed by atoms with van der Waals surface area (Å²) in [6.45, 7) is 3.66. The van der Waals surface area contributed by atoms with Crippen LogP contribution in [-0.4, -0.2) is 44.7 Å². The molecule has 1 saturated carbocycles. The van der Waals surface area contributed by atoms with E-state index in [2.05, 4.69) is 4.98 Å². The van der Waals surface area contributed by atoms with Crippen LogP contribution < -0.4 is 5.56 Å². The molecule has 1 aromatic heterocycles. The van der Waals surface area contributed by atoms with Gasteiger partial charge in [0.25, 0.3) is 5.56 Å². The van der Waals surface area contributed by atoms with E-state index in [9.17, 15) is 14.4 Å². The Kier molecular flexibility index (Phi) is 5.57. The summed E-state index contributed by atoms with van der Waals surface area (Å²) in [6, 6.07) is 7.83. The molecule has 2 amide bonds. The molecule has 1 N–H and O–H groups in total. The summed E-state index contributed by atoms with van der Waals surface area (Å²) in [5.41, 5.74) is 3.35. The van der Waals surface area contributed by atoms with Crippen LogP contribution in [0.4, 0.5) is 0 Å². The van der Waals surface area contributed by atoms with E-state index < -0.39 is 0 Å². The molecule has 1 unspecified atom stereocenters. The predicted octanol–water partition coefficient (Wildman–Crippen LogP) is 2.67. The summed E-state index contributed by atoms with van der Waals surface area (Å²) in [5, 5.41) is 0. The second-order valence-electron chi connectivity index (χ2n) is 9.43. The maximum atomic E-state index is 13.2. The average Bonchev–Trinajstić information content (AvgIpc) is 3.64. The molecule has 2 aromatic rings. The summed E-state index contributed by atoms with van der Waals surface area (Å²) >= 11 is 0. The van der Waals surface area contributed by atoms with Crippen molar-refractivity contribution in [1.29, 1.82) is 0 Å². The predicted molar refractivity (Wildman–Crippen MR) is 120 cm³/mol. The maximum absolute atomic E-state index is 13.2. The van der Waals surface area contributed by atoms with E-state index >= 15 is 0 Å². The monoisotopic (exact) mass is 434 g/mol. The van der Waals surface area contributed by atoms with Crippen molar-refractivity contribution in [2.45, 2.75) is 64.5 Å². The fraction of sp³-hybridized carbons (Fsp3) is 0.520. The fourth-order valence-corrected chi connectivity index (χ4v) is 4.99. The second-order valence-corrected chi connectivity index (χ2v) is 9.43. The highest BCUT2D eigenvalue weighted by atomic mass is 16.2. The summed E-state index contributed by atoms with van der Waals surface area (Å²) in [6.07, 6.45) is 5.63. The van der Waals surface area contributed by atoms with Gasteiger partial charge >= 0.3 is 0 Å². The standard InChI is InChI=1S/C25H30N4O3/c1-16-5-4-6-17(13-16)14-22(30)29-11-3-2-7-21(29)23-26-20-10-12-28(25(32)18-8-9-18)15-19(20)24(31)27-23/h4-6,13,18,21H,2-3,7-12,14-15H2,1H3,(H,26,27,31). The number of hydrogen-bond acceptors (Lipinski definition) is 4. The van der Waals surface area contributed by atoms with Crippen molar-refractivity contribution in [1.82, 2.24) is 19.8 Å². The molecule has 1 atom stereocenters. The van der Waals surface area contributed by atoms with Gasteiger partial charge in [0.15, 0.2) is 0 Å². The van der Waals surface area contributed by atoms with E-state index in [0.29, 0.717) is 43.9 Å². The molecule has 1 aromatic carbocycles. The number of rotatable bonds is 4. The van der Waals surface area contributed by atoms with Gasteiger partial charge in [0.2, 0.25) is 11.8 Å². The van der Waals surface area contributed by atoms with Crippen LogP contribution >= 0.6 is 0 Å². The van der Waals surface area contributed by atoms with Crippen molar-refractivity contribution < 1.29 is 9.59 Å². The Balaban J connectivity index is 1.37. The largest absolute Gasteiger partial charge is 0.337 e. The van der Waals surface area contributed by atoms with Crippen molar-refractivity contribution in [3.8, 4) is 0 Å². The molecule has 0 radical (unpaired) electrons. The van der Waals surface area contributed by atoms with E-state index in [-0.39, 0.29) is 29.3 Å². The van der Waals surface area contributed by atoms with E-state index in [4.69, 9.17) is 4.98 Å². The van der Waals surface area contributed by atoms with Crippen LogP contribution in [0.2, 0.25) is 0 Å². The van der Waals surface area contributed by atoms with Crippen LogP contribution in [0.15, 0.2) is 29.1 Å². The third-order valence-electron chi connectivity index (χ3n) is 6.90. The molecule has 1 saturated heterocycles. The van der Waals surface area contributed by atoms with E-state index in [1.54, 1.807) is 4.90 Å². The Morgan fingerprint density at radius 3 is 2.78 bits per heavy atom. The molecule has 2 aliphatic heterocycles. The number of piperidine rings is 1. The number of carbonyl (C=O) groups excluding carboxylic acids is 2. The highest BCUT2D eigenvalue weighted by molar-refractivity contribution is 5.81. The van der Waals surface area contributed by atoms with E-state index in [1.165, 1.54) is 0 Å². The van der Waals surface area contributed by atoms with Gasteiger partial charge in [0, 0.05) is 25.4 Å². The van der Waals surface area contributed by atoms with Gasteiger partial charge in [-0.2, -0.15) is 0 Å². The van der Waals surface area contributed by atoms with Gasteiger partial charge in [0.05, 0.1) is 30.3 Å². The Labute approximate surface area is 187 Å². The molecule has 1 aliphatic carbocycles. The van der Waals surface area contributed by atoms with Crippen LogP contribution in [0.1, 0.15) is 66.4 Å². The number of aryl methyl sites for hydroxylation is 1. The summed E-state index contributed by atoms with van der Waals surface area (Å²) in [5.74, 6) is 0.979. The molecule has 168 valence electrons. The number of fused-ring (bicyclic) bond motifs is 1. The molecule has 7 nitrogen and oxygen atoms in total. The topological polar surface area (TPSA) is 86.4 Å². The van der Waals surface area contributed by atoms with Crippen molar-refractivity contribution in [2.75, 3.05) is 13.1 Å². The summed E-state index contributed by atoms with van der Waals surface area (Å²) in [4.78, 5) is 50.0. The minimum absolute atomic E-state index is 0.0712. The highest BCUT2D eigenvalue weighted by Crippen LogP contribution is 2.33. The number of aromatic amines is 1. The molecule has 2 fully saturated rings. The molecule has 5 rings (SSSR count). The number of hydrogen-bond donors (Lipinski definition) is 1. The molecule has 3 heterocycles. The fourth-order valence-electron chi connectivity index (χ4n) is 4.99. The van der Waals surface area contributed by atoms with Gasteiger partial charge in [0.1, 0.15) is 5.82 Å². The van der Waals surface area contributed by atoms with Crippen LogP contribution in [-0.2, 0) is 29.0 Å². The van der Waals surface area contributed by atoms with Crippen LogP contribution in [0.5, 0.6) is 0 Å². The van der Waals surface area contributed by atoms with Gasteiger partial charge < -0.3 is 14.8 Å². The number of benzene rings is 1. The lowest BCUT2D eigenvalue weighted by Gasteiger charge is -2.36. The zero-order valence-corrected chi connectivity index (χ0v) is 18.6. The quantitative estimate of drug-likeness (QED) is 0.802. The molecule has 3 aliphatic rings. The number of nitrogens with zero attached hydrogens (tertiary/aromatic N) is 3. The Morgan fingerprint density at radius 2 is 2.00 bits per heavy atom. The number of aromatic nitrogens is 2. The van der Waals surface area contributed by atoms with Crippen LogP contribution in [0.3, 0.4) is 0 Å². The Morgan fingerprint density at radius 1 is 1.16 bits per heavy atom. The SMILES string of the molecule is Cc1cccc(CC(=O)N2CCCCC2c2nc3c(c(=O)[nH]2)CN(C(=O)C2CC2)CC3)c1. The smallest absolute Gasteiger partial charge is 0.256 e. The van der Waals surface area contributed by atoms with Gasteiger partial charge in [-0.15, -0.1) is 0 Å². The number of H-pyrrole nitrogens is 1. The zero-order valence-electron chi connectivity index (χ0n) is 18.6. The average molecular weight is 435 g/mol. The number of nitrogens with one attached hydrogen (secondary N) is 1. The lowest BCUT2D eigenvalue weighted by atomic mass is 9.99. The van der Waals surface area contributed by atoms with E-state index in [0.717, 1.165) is 48.9 Å². The Hall–Kier alpha value is -2.96. The maximum Gasteiger partial charge on any atom is 0.256 e. The molecule has 0 bridgehead atoms. The van der Waals surface area contributed by atoms with Gasteiger partial charge in [-0.1, -0.05) is 29.8 Å². The van der Waals surface area contributed by atoms with Crippen molar-refractivity contribution >= 4 is 11.8 Å². The van der Waals surface area contributed by atoms with E-state index in [1.807, 2.05) is 36.1 Å². The Bertz CT molecular complexity index is 1100. The molecular weight excluding hydrogens is 404 g/mol. The zero-order chi connectivity index (χ0) is 22.2. The first-order chi connectivity index (χ1) is 15.5. The lowest BCUT2D eigenvalue weighted by molar-refractivity contribution is -0.135. The van der Waals surface area contributed by atoms with Gasteiger partial charge in [-0.25, -0.2) is 4.98 Å². The first kappa shape index (κ1) is 20.9. The molecule has 0 spiro atoms. The van der Waals surface area contributed by atoms with Gasteiger partial charge in [-0.3, -0.25) is 14.4 Å². The van der Waals surface area contributed by atoms with Gasteiger partial charge in [-0.05, 0) is 44.6 Å². The van der Waals surface area contributed by atoms with Crippen LogP contribution in [0.25, 0.3) is 0 Å². The minimum Gasteiger partial charge on any atom is -0.337 e. The second kappa shape index (κ2) is 8.52. The summed E-state index contributed by atoms with van der Waals surface area (Å²) in [7, 11) is 0. The molecule has 32 heavy (non-hydrogen) atoms. The highest BCUT2D eigenvalue weighted by Gasteiger charge is 2.36. The third kappa shape index (κ3) is 4.20. The van der Waals surface area contributed by atoms with Crippen molar-refractivity contribution in [3.63, 3.8) is 0 Å². The normalized spacial score (nSPS) is 20.7. The number of carbonyl (C=O) groups is 2. The molecular formula is C25H30N4O3.